The first-order chi connectivity index (χ1) is 14.3. The molecule has 29 heavy (non-hydrogen) atoms. The van der Waals surface area contributed by atoms with E-state index in [1.807, 2.05) is 12.1 Å². The van der Waals surface area contributed by atoms with Crippen molar-refractivity contribution in [3.63, 3.8) is 0 Å². The fourth-order valence-electron chi connectivity index (χ4n) is 4.05. The third-order valence-corrected chi connectivity index (χ3v) is 5.86. The van der Waals surface area contributed by atoms with E-state index in [-0.39, 0.29) is 6.04 Å². The highest BCUT2D eigenvalue weighted by Crippen LogP contribution is 2.27. The maximum atomic E-state index is 6.27. The Morgan fingerprint density at radius 2 is 1.97 bits per heavy atom. The van der Waals surface area contributed by atoms with Crippen molar-refractivity contribution in [3.8, 4) is 0 Å². The van der Waals surface area contributed by atoms with Crippen LogP contribution in [0.5, 0.6) is 0 Å². The molecule has 1 aromatic carbocycles. The molecule has 0 aromatic heterocycles. The van der Waals surface area contributed by atoms with Crippen LogP contribution in [0.2, 0.25) is 5.02 Å². The average Bonchev–Trinajstić information content (AvgIpc) is 3.26. The minimum Gasteiger partial charge on any atom is -0.379 e. The van der Waals surface area contributed by atoms with Crippen LogP contribution >= 0.6 is 11.6 Å². The Morgan fingerprint density at radius 1 is 1.17 bits per heavy atom. The van der Waals surface area contributed by atoms with Gasteiger partial charge in [-0.1, -0.05) is 23.7 Å². The number of benzene rings is 1. The molecule has 6 nitrogen and oxygen atoms in total. The van der Waals surface area contributed by atoms with Crippen molar-refractivity contribution >= 4 is 17.6 Å². The SMILES string of the molecule is CCNC(=NCC(c1cccc(Cl)c1)N1CCCC1)NCCCN1CCOCC1. The zero-order valence-corrected chi connectivity index (χ0v) is 18.5. The molecular weight excluding hydrogens is 386 g/mol. The van der Waals surface area contributed by atoms with E-state index in [1.165, 1.54) is 18.4 Å². The van der Waals surface area contributed by atoms with Crippen LogP contribution in [-0.2, 0) is 4.74 Å². The lowest BCUT2D eigenvalue weighted by Gasteiger charge is -2.27. The highest BCUT2D eigenvalue weighted by atomic mass is 35.5. The minimum absolute atomic E-state index is 0.278. The second-order valence-electron chi connectivity index (χ2n) is 7.77. The van der Waals surface area contributed by atoms with Gasteiger partial charge in [-0.05, 0) is 63.5 Å². The summed E-state index contributed by atoms with van der Waals surface area (Å²) in [4.78, 5) is 9.93. The molecule has 2 fully saturated rings. The van der Waals surface area contributed by atoms with E-state index in [1.54, 1.807) is 0 Å². The fourth-order valence-corrected chi connectivity index (χ4v) is 4.25. The zero-order chi connectivity index (χ0) is 20.3. The van der Waals surface area contributed by atoms with E-state index in [4.69, 9.17) is 21.3 Å². The van der Waals surface area contributed by atoms with Gasteiger partial charge in [-0.3, -0.25) is 14.8 Å². The van der Waals surface area contributed by atoms with Gasteiger partial charge in [-0.15, -0.1) is 0 Å². The first kappa shape index (κ1) is 22.3. The normalized spacial score (nSPS) is 20.0. The summed E-state index contributed by atoms with van der Waals surface area (Å²) in [6.45, 7) is 11.8. The summed E-state index contributed by atoms with van der Waals surface area (Å²) < 4.78 is 5.42. The predicted octanol–water partition coefficient (Wildman–Crippen LogP) is 2.75. The minimum atomic E-state index is 0.278. The van der Waals surface area contributed by atoms with Crippen molar-refractivity contribution in [1.29, 1.82) is 0 Å². The number of nitrogens with zero attached hydrogens (tertiary/aromatic N) is 3. The molecule has 0 radical (unpaired) electrons. The summed E-state index contributed by atoms with van der Waals surface area (Å²) in [6, 6.07) is 8.52. The highest BCUT2D eigenvalue weighted by molar-refractivity contribution is 6.30. The standard InChI is InChI=1S/C22H36ClN5O/c1-2-24-22(25-9-6-10-27-13-15-29-16-14-27)26-18-21(28-11-3-4-12-28)19-7-5-8-20(23)17-19/h5,7-8,17,21H,2-4,6,9-16,18H2,1H3,(H2,24,25,26). The molecule has 2 N–H and O–H groups in total. The number of rotatable bonds is 9. The third-order valence-electron chi connectivity index (χ3n) is 5.63. The Hall–Kier alpha value is -1.34. The molecule has 0 aliphatic carbocycles. The van der Waals surface area contributed by atoms with Crippen LogP contribution in [0.25, 0.3) is 0 Å². The number of nitrogens with one attached hydrogen (secondary N) is 2. The van der Waals surface area contributed by atoms with Gasteiger partial charge in [0.1, 0.15) is 0 Å². The van der Waals surface area contributed by atoms with Crippen LogP contribution in [0.4, 0.5) is 0 Å². The number of morpholine rings is 1. The van der Waals surface area contributed by atoms with Gasteiger partial charge in [0.05, 0.1) is 25.8 Å². The van der Waals surface area contributed by atoms with Gasteiger partial charge in [0.2, 0.25) is 0 Å². The van der Waals surface area contributed by atoms with Crippen molar-refractivity contribution in [2.45, 2.75) is 32.2 Å². The Kier molecular flexibility index (Phi) is 9.54. The van der Waals surface area contributed by atoms with Gasteiger partial charge in [0, 0.05) is 31.2 Å². The van der Waals surface area contributed by atoms with Crippen molar-refractivity contribution < 1.29 is 4.74 Å². The maximum Gasteiger partial charge on any atom is 0.191 e. The van der Waals surface area contributed by atoms with Gasteiger partial charge in [-0.2, -0.15) is 0 Å². The molecule has 0 bridgehead atoms. The molecule has 2 saturated heterocycles. The largest absolute Gasteiger partial charge is 0.379 e. The number of halogens is 1. The lowest BCUT2D eigenvalue weighted by Crippen LogP contribution is -2.41. The van der Waals surface area contributed by atoms with E-state index in [2.05, 4.69) is 39.5 Å². The van der Waals surface area contributed by atoms with Crippen molar-refractivity contribution in [3.05, 3.63) is 34.9 Å². The van der Waals surface area contributed by atoms with E-state index in [0.717, 1.165) is 83.0 Å². The van der Waals surface area contributed by atoms with Crippen LogP contribution in [0.15, 0.2) is 29.3 Å². The molecule has 0 spiro atoms. The zero-order valence-electron chi connectivity index (χ0n) is 17.7. The van der Waals surface area contributed by atoms with Crippen molar-refractivity contribution in [1.82, 2.24) is 20.4 Å². The number of guanidine groups is 1. The van der Waals surface area contributed by atoms with Crippen LogP contribution < -0.4 is 10.6 Å². The van der Waals surface area contributed by atoms with E-state index >= 15 is 0 Å². The molecule has 2 heterocycles. The average molecular weight is 422 g/mol. The van der Waals surface area contributed by atoms with Gasteiger partial charge in [0.15, 0.2) is 5.96 Å². The molecule has 1 unspecified atom stereocenters. The Bertz CT molecular complexity index is 629. The Labute approximate surface area is 180 Å². The first-order valence-electron chi connectivity index (χ1n) is 11.1. The molecule has 3 rings (SSSR count). The Morgan fingerprint density at radius 3 is 2.69 bits per heavy atom. The molecule has 1 atom stereocenters. The molecule has 2 aliphatic heterocycles. The second-order valence-corrected chi connectivity index (χ2v) is 8.20. The maximum absolute atomic E-state index is 6.27. The molecule has 0 saturated carbocycles. The molecular formula is C22H36ClN5O. The molecule has 162 valence electrons. The number of likely N-dealkylation sites (tertiary alicyclic amines) is 1. The lowest BCUT2D eigenvalue weighted by atomic mass is 10.1. The molecule has 7 heteroatoms. The summed E-state index contributed by atoms with van der Waals surface area (Å²) in [5.74, 6) is 0.903. The highest BCUT2D eigenvalue weighted by Gasteiger charge is 2.23. The number of ether oxygens (including phenoxy) is 1. The predicted molar refractivity (Wildman–Crippen MR) is 121 cm³/mol. The summed E-state index contributed by atoms with van der Waals surface area (Å²) >= 11 is 6.27. The van der Waals surface area contributed by atoms with Crippen LogP contribution in [0.1, 0.15) is 37.8 Å². The van der Waals surface area contributed by atoms with Crippen LogP contribution in [0.3, 0.4) is 0 Å². The summed E-state index contributed by atoms with van der Waals surface area (Å²) in [5, 5.41) is 7.69. The van der Waals surface area contributed by atoms with E-state index in [0.29, 0.717) is 0 Å². The third kappa shape index (κ3) is 7.45. The first-order valence-corrected chi connectivity index (χ1v) is 11.5. The van der Waals surface area contributed by atoms with Gasteiger partial charge in [-0.25, -0.2) is 0 Å². The van der Waals surface area contributed by atoms with Crippen molar-refractivity contribution in [2.75, 3.05) is 65.6 Å². The van der Waals surface area contributed by atoms with Crippen LogP contribution in [-0.4, -0.2) is 81.3 Å². The Balaban J connectivity index is 1.55. The monoisotopic (exact) mass is 421 g/mol. The second kappa shape index (κ2) is 12.4. The van der Waals surface area contributed by atoms with Gasteiger partial charge in [0.25, 0.3) is 0 Å². The summed E-state index contributed by atoms with van der Waals surface area (Å²) in [7, 11) is 0. The smallest absolute Gasteiger partial charge is 0.191 e. The quantitative estimate of drug-likeness (QED) is 0.365. The lowest BCUT2D eigenvalue weighted by molar-refractivity contribution is 0.0376. The number of hydrogen-bond donors (Lipinski definition) is 2. The summed E-state index contributed by atoms with van der Waals surface area (Å²) in [6.07, 6.45) is 3.63. The number of hydrogen-bond acceptors (Lipinski definition) is 4. The molecule has 2 aliphatic rings. The summed E-state index contributed by atoms with van der Waals surface area (Å²) in [5.41, 5.74) is 1.26. The van der Waals surface area contributed by atoms with E-state index < -0.39 is 0 Å². The van der Waals surface area contributed by atoms with Crippen LogP contribution in [0, 0.1) is 0 Å². The van der Waals surface area contributed by atoms with Crippen molar-refractivity contribution in [2.24, 2.45) is 4.99 Å². The number of aliphatic imine (C=N–C) groups is 1. The van der Waals surface area contributed by atoms with E-state index in [9.17, 15) is 0 Å². The van der Waals surface area contributed by atoms with Gasteiger partial charge >= 0.3 is 0 Å². The topological polar surface area (TPSA) is 52.1 Å². The fraction of sp³-hybridized carbons (Fsp3) is 0.682. The molecule has 0 amide bonds. The molecule has 1 aromatic rings. The van der Waals surface area contributed by atoms with Gasteiger partial charge < -0.3 is 15.4 Å².